The second-order valence-electron chi connectivity index (χ2n) is 4.78. The Hall–Kier alpha value is -1.16. The summed E-state index contributed by atoms with van der Waals surface area (Å²) in [6.45, 7) is 7.59. The Balaban J connectivity index is 2.03. The molecular weight excluding hydrogens is 230 g/mol. The summed E-state index contributed by atoms with van der Waals surface area (Å²) in [6.07, 6.45) is 4.09. The van der Waals surface area contributed by atoms with E-state index in [0.717, 1.165) is 23.8 Å². The fourth-order valence-corrected chi connectivity index (χ4v) is 2.78. The SMILES string of the molecule is Cc1csc2c(NCCCC(C)C)ncnc12. The van der Waals surface area contributed by atoms with Gasteiger partial charge < -0.3 is 5.32 Å². The van der Waals surface area contributed by atoms with Crippen LogP contribution in [0.3, 0.4) is 0 Å². The Morgan fingerprint density at radius 1 is 1.35 bits per heavy atom. The van der Waals surface area contributed by atoms with Crippen LogP contribution in [0.4, 0.5) is 5.82 Å². The van der Waals surface area contributed by atoms with Crippen molar-refractivity contribution in [3.05, 3.63) is 17.3 Å². The Bertz CT molecular complexity index is 490. The van der Waals surface area contributed by atoms with Crippen molar-refractivity contribution in [1.82, 2.24) is 9.97 Å². The van der Waals surface area contributed by atoms with Gasteiger partial charge in [-0.1, -0.05) is 13.8 Å². The predicted molar refractivity (Wildman–Crippen MR) is 74.7 cm³/mol. The molecule has 0 aliphatic carbocycles. The number of rotatable bonds is 5. The number of nitrogens with one attached hydrogen (secondary N) is 1. The molecule has 0 aliphatic heterocycles. The zero-order valence-corrected chi connectivity index (χ0v) is 11.5. The highest BCUT2D eigenvalue weighted by Gasteiger charge is 2.07. The van der Waals surface area contributed by atoms with E-state index >= 15 is 0 Å². The minimum Gasteiger partial charge on any atom is -0.369 e. The van der Waals surface area contributed by atoms with Crippen molar-refractivity contribution in [2.45, 2.75) is 33.6 Å². The molecule has 2 aromatic rings. The minimum atomic E-state index is 0.770. The summed E-state index contributed by atoms with van der Waals surface area (Å²) in [5.41, 5.74) is 2.31. The normalized spacial score (nSPS) is 11.3. The van der Waals surface area contributed by atoms with Crippen molar-refractivity contribution in [3.8, 4) is 0 Å². The first-order chi connectivity index (χ1) is 8.18. The quantitative estimate of drug-likeness (QED) is 0.818. The molecule has 2 heterocycles. The first kappa shape index (κ1) is 12.3. The predicted octanol–water partition coefficient (Wildman–Crippen LogP) is 3.85. The highest BCUT2D eigenvalue weighted by atomic mass is 32.1. The molecule has 2 rings (SSSR count). The van der Waals surface area contributed by atoms with Crippen LogP contribution in [-0.4, -0.2) is 16.5 Å². The summed E-state index contributed by atoms with van der Waals surface area (Å²) in [6, 6.07) is 0. The lowest BCUT2D eigenvalue weighted by atomic mass is 10.1. The summed E-state index contributed by atoms with van der Waals surface area (Å²) in [7, 11) is 0. The lowest BCUT2D eigenvalue weighted by Gasteiger charge is -2.07. The van der Waals surface area contributed by atoms with Crippen molar-refractivity contribution in [1.29, 1.82) is 0 Å². The third-order valence-electron chi connectivity index (χ3n) is 2.78. The zero-order valence-electron chi connectivity index (χ0n) is 10.7. The summed E-state index contributed by atoms with van der Waals surface area (Å²) < 4.78 is 1.18. The van der Waals surface area contributed by atoms with Crippen LogP contribution in [0.15, 0.2) is 11.7 Å². The van der Waals surface area contributed by atoms with Crippen LogP contribution >= 0.6 is 11.3 Å². The maximum Gasteiger partial charge on any atom is 0.147 e. The van der Waals surface area contributed by atoms with E-state index in [0.29, 0.717) is 0 Å². The van der Waals surface area contributed by atoms with E-state index in [-0.39, 0.29) is 0 Å². The van der Waals surface area contributed by atoms with Gasteiger partial charge in [-0.3, -0.25) is 0 Å². The molecule has 17 heavy (non-hydrogen) atoms. The molecule has 0 unspecified atom stereocenters. The Labute approximate surface area is 106 Å². The van der Waals surface area contributed by atoms with Crippen LogP contribution < -0.4 is 5.32 Å². The van der Waals surface area contributed by atoms with Crippen LogP contribution in [0.2, 0.25) is 0 Å². The highest BCUT2D eigenvalue weighted by molar-refractivity contribution is 7.18. The number of fused-ring (bicyclic) bond motifs is 1. The molecule has 4 heteroatoms. The van der Waals surface area contributed by atoms with Crippen LogP contribution in [-0.2, 0) is 0 Å². The zero-order chi connectivity index (χ0) is 12.3. The second-order valence-corrected chi connectivity index (χ2v) is 5.66. The van der Waals surface area contributed by atoms with Crippen LogP contribution in [0.1, 0.15) is 32.3 Å². The van der Waals surface area contributed by atoms with Gasteiger partial charge in [-0.05, 0) is 36.6 Å². The van der Waals surface area contributed by atoms with Gasteiger partial charge in [-0.25, -0.2) is 9.97 Å². The van der Waals surface area contributed by atoms with Crippen molar-refractivity contribution in [2.75, 3.05) is 11.9 Å². The molecule has 0 fully saturated rings. The third kappa shape index (κ3) is 2.94. The number of aromatic nitrogens is 2. The molecule has 0 bridgehead atoms. The van der Waals surface area contributed by atoms with Gasteiger partial charge in [-0.2, -0.15) is 0 Å². The largest absolute Gasteiger partial charge is 0.369 e. The Kier molecular flexibility index (Phi) is 3.94. The summed E-state index contributed by atoms with van der Waals surface area (Å²) in [5, 5.41) is 5.55. The third-order valence-corrected chi connectivity index (χ3v) is 3.88. The van der Waals surface area contributed by atoms with Gasteiger partial charge in [0.1, 0.15) is 12.1 Å². The monoisotopic (exact) mass is 249 g/mol. The van der Waals surface area contributed by atoms with Gasteiger partial charge >= 0.3 is 0 Å². The van der Waals surface area contributed by atoms with E-state index in [2.05, 4.69) is 41.4 Å². The fraction of sp³-hybridized carbons (Fsp3) is 0.538. The van der Waals surface area contributed by atoms with Crippen LogP contribution in [0.25, 0.3) is 10.2 Å². The Morgan fingerprint density at radius 3 is 2.94 bits per heavy atom. The second kappa shape index (κ2) is 5.45. The smallest absolute Gasteiger partial charge is 0.147 e. The van der Waals surface area contributed by atoms with Gasteiger partial charge in [0.15, 0.2) is 0 Å². The molecule has 3 nitrogen and oxygen atoms in total. The molecule has 92 valence electrons. The summed E-state index contributed by atoms with van der Waals surface area (Å²) in [4.78, 5) is 8.64. The maximum atomic E-state index is 4.33. The number of anilines is 1. The molecule has 1 N–H and O–H groups in total. The average Bonchev–Trinajstić information content (AvgIpc) is 2.67. The number of nitrogens with zero attached hydrogens (tertiary/aromatic N) is 2. The van der Waals surface area contributed by atoms with E-state index in [4.69, 9.17) is 0 Å². The fourth-order valence-electron chi connectivity index (χ4n) is 1.81. The van der Waals surface area contributed by atoms with E-state index in [1.54, 1.807) is 17.7 Å². The van der Waals surface area contributed by atoms with Gasteiger partial charge in [0, 0.05) is 6.54 Å². The molecule has 0 spiro atoms. The molecule has 0 radical (unpaired) electrons. The molecular formula is C13H19N3S. The standard InChI is InChI=1S/C13H19N3S/c1-9(2)5-4-6-14-13-12-11(15-8-16-13)10(3)7-17-12/h7-9H,4-6H2,1-3H3,(H,14,15,16). The summed E-state index contributed by atoms with van der Waals surface area (Å²) in [5.74, 6) is 1.75. The molecule has 0 saturated heterocycles. The number of thiophene rings is 1. The molecule has 0 atom stereocenters. The van der Waals surface area contributed by atoms with E-state index < -0.39 is 0 Å². The maximum absolute atomic E-state index is 4.33. The molecule has 0 amide bonds. The van der Waals surface area contributed by atoms with Crippen LogP contribution in [0.5, 0.6) is 0 Å². The molecule has 2 aromatic heterocycles. The summed E-state index contributed by atoms with van der Waals surface area (Å²) >= 11 is 1.72. The number of aryl methyl sites for hydroxylation is 1. The van der Waals surface area contributed by atoms with E-state index in [9.17, 15) is 0 Å². The van der Waals surface area contributed by atoms with Crippen molar-refractivity contribution < 1.29 is 0 Å². The van der Waals surface area contributed by atoms with Crippen molar-refractivity contribution >= 4 is 27.4 Å². The van der Waals surface area contributed by atoms with E-state index in [1.807, 2.05) is 0 Å². The topological polar surface area (TPSA) is 37.8 Å². The van der Waals surface area contributed by atoms with Crippen molar-refractivity contribution in [3.63, 3.8) is 0 Å². The van der Waals surface area contributed by atoms with Gasteiger partial charge in [-0.15, -0.1) is 11.3 Å². The number of hydrogen-bond donors (Lipinski definition) is 1. The first-order valence-electron chi connectivity index (χ1n) is 6.11. The molecule has 0 aliphatic rings. The van der Waals surface area contributed by atoms with Gasteiger partial charge in [0.05, 0.1) is 10.2 Å². The minimum absolute atomic E-state index is 0.770. The average molecular weight is 249 g/mol. The van der Waals surface area contributed by atoms with Gasteiger partial charge in [0.2, 0.25) is 0 Å². The van der Waals surface area contributed by atoms with Crippen LogP contribution in [0, 0.1) is 12.8 Å². The highest BCUT2D eigenvalue weighted by Crippen LogP contribution is 2.28. The lowest BCUT2D eigenvalue weighted by molar-refractivity contribution is 0.567. The Morgan fingerprint density at radius 2 is 2.18 bits per heavy atom. The first-order valence-corrected chi connectivity index (χ1v) is 6.99. The molecule has 0 aromatic carbocycles. The molecule has 0 saturated carbocycles. The van der Waals surface area contributed by atoms with E-state index in [1.165, 1.54) is 23.1 Å². The van der Waals surface area contributed by atoms with Crippen molar-refractivity contribution in [2.24, 2.45) is 5.92 Å². The number of hydrogen-bond acceptors (Lipinski definition) is 4. The van der Waals surface area contributed by atoms with Gasteiger partial charge in [0.25, 0.3) is 0 Å². The lowest BCUT2D eigenvalue weighted by Crippen LogP contribution is -2.04.